The number of nitrogens with one attached hydrogen (secondary N) is 2. The molecule has 0 aliphatic carbocycles. The Bertz CT molecular complexity index is 557. The quantitative estimate of drug-likeness (QED) is 0.880. The van der Waals surface area contributed by atoms with Crippen molar-refractivity contribution in [2.45, 2.75) is 26.4 Å². The van der Waals surface area contributed by atoms with Gasteiger partial charge in [0.15, 0.2) is 0 Å². The van der Waals surface area contributed by atoms with Crippen LogP contribution in [0.15, 0.2) is 12.1 Å². The zero-order valence-corrected chi connectivity index (χ0v) is 10.2. The third-order valence-electron chi connectivity index (χ3n) is 2.68. The van der Waals surface area contributed by atoms with Gasteiger partial charge in [0, 0.05) is 6.54 Å². The molecule has 0 fully saturated rings. The fraction of sp³-hybridized carbons (Fsp3) is 0.417. The summed E-state index contributed by atoms with van der Waals surface area (Å²) in [5.74, 6) is 0.505. The van der Waals surface area contributed by atoms with E-state index in [-0.39, 0.29) is 5.56 Å². The number of hydrogen-bond acceptors (Lipinski definition) is 2. The predicted octanol–water partition coefficient (Wildman–Crippen LogP) is 3.71. The lowest BCUT2D eigenvalue weighted by Gasteiger charge is -2.09. The average molecular weight is 257 g/mol. The molecule has 0 radical (unpaired) electrons. The molecule has 0 aliphatic heterocycles. The minimum atomic E-state index is -4.34. The van der Waals surface area contributed by atoms with E-state index in [4.69, 9.17) is 0 Å². The zero-order chi connectivity index (χ0) is 13.3. The van der Waals surface area contributed by atoms with E-state index < -0.39 is 11.7 Å². The minimum absolute atomic E-state index is 0.195. The Balaban J connectivity index is 2.44. The van der Waals surface area contributed by atoms with Crippen LogP contribution >= 0.6 is 0 Å². The van der Waals surface area contributed by atoms with Crippen LogP contribution in [0.5, 0.6) is 0 Å². The highest BCUT2D eigenvalue weighted by Gasteiger charge is 2.32. The fourth-order valence-electron chi connectivity index (χ4n) is 1.80. The van der Waals surface area contributed by atoms with E-state index in [1.165, 1.54) is 13.0 Å². The summed E-state index contributed by atoms with van der Waals surface area (Å²) in [7, 11) is 0. The van der Waals surface area contributed by atoms with Crippen molar-refractivity contribution in [3.8, 4) is 0 Å². The molecule has 1 aromatic heterocycles. The fourth-order valence-corrected chi connectivity index (χ4v) is 1.80. The number of fused-ring (bicyclic) bond motifs is 1. The van der Waals surface area contributed by atoms with Crippen LogP contribution in [0.4, 0.5) is 19.1 Å². The van der Waals surface area contributed by atoms with Crippen molar-refractivity contribution in [1.82, 2.24) is 9.97 Å². The van der Waals surface area contributed by atoms with Crippen LogP contribution in [0.2, 0.25) is 0 Å². The van der Waals surface area contributed by atoms with Gasteiger partial charge in [-0.2, -0.15) is 13.2 Å². The monoisotopic (exact) mass is 257 g/mol. The Morgan fingerprint density at radius 1 is 1.33 bits per heavy atom. The van der Waals surface area contributed by atoms with Crippen LogP contribution in [0.3, 0.4) is 0 Å². The Kier molecular flexibility index (Phi) is 3.19. The van der Waals surface area contributed by atoms with E-state index >= 15 is 0 Å². The van der Waals surface area contributed by atoms with Gasteiger partial charge in [-0.25, -0.2) is 4.98 Å². The number of aryl methyl sites for hydroxylation is 1. The molecule has 18 heavy (non-hydrogen) atoms. The first-order valence-electron chi connectivity index (χ1n) is 5.73. The van der Waals surface area contributed by atoms with Gasteiger partial charge in [0.25, 0.3) is 0 Å². The standard InChI is InChI=1S/C12H14F3N3/c1-3-4-16-11-17-9-5-7(2)8(12(13,14)15)6-10(9)18-11/h5-6H,3-4H2,1-2H3,(H2,16,17,18). The number of aromatic nitrogens is 2. The second-order valence-electron chi connectivity index (χ2n) is 4.19. The van der Waals surface area contributed by atoms with Crippen molar-refractivity contribution in [1.29, 1.82) is 0 Å². The maximum Gasteiger partial charge on any atom is 0.416 e. The minimum Gasteiger partial charge on any atom is -0.356 e. The van der Waals surface area contributed by atoms with E-state index in [1.54, 1.807) is 0 Å². The molecule has 1 aromatic carbocycles. The first kappa shape index (κ1) is 12.7. The molecular formula is C12H14F3N3. The molecule has 2 aromatic rings. The normalized spacial score (nSPS) is 12.1. The predicted molar refractivity (Wildman–Crippen MR) is 64.6 cm³/mol. The van der Waals surface area contributed by atoms with Crippen molar-refractivity contribution < 1.29 is 13.2 Å². The molecular weight excluding hydrogens is 243 g/mol. The molecule has 0 saturated carbocycles. The molecule has 2 N–H and O–H groups in total. The van der Waals surface area contributed by atoms with Gasteiger partial charge in [-0.05, 0) is 31.0 Å². The van der Waals surface area contributed by atoms with Gasteiger partial charge < -0.3 is 10.3 Å². The summed E-state index contributed by atoms with van der Waals surface area (Å²) in [6.45, 7) is 4.18. The molecule has 0 aliphatic rings. The summed E-state index contributed by atoms with van der Waals surface area (Å²) < 4.78 is 38.2. The lowest BCUT2D eigenvalue weighted by molar-refractivity contribution is -0.137. The maximum atomic E-state index is 12.7. The number of H-pyrrole nitrogens is 1. The number of imidazole rings is 1. The van der Waals surface area contributed by atoms with Crippen molar-refractivity contribution in [3.05, 3.63) is 23.3 Å². The number of hydrogen-bond donors (Lipinski definition) is 2. The summed E-state index contributed by atoms with van der Waals surface area (Å²) >= 11 is 0. The topological polar surface area (TPSA) is 40.7 Å². The number of anilines is 1. The molecule has 0 amide bonds. The van der Waals surface area contributed by atoms with Crippen LogP contribution in [0.25, 0.3) is 11.0 Å². The molecule has 0 atom stereocenters. The third-order valence-corrected chi connectivity index (χ3v) is 2.68. The number of nitrogens with zero attached hydrogens (tertiary/aromatic N) is 1. The lowest BCUT2D eigenvalue weighted by Crippen LogP contribution is -2.07. The van der Waals surface area contributed by atoms with Gasteiger partial charge in [0.05, 0.1) is 16.6 Å². The van der Waals surface area contributed by atoms with E-state index in [9.17, 15) is 13.2 Å². The summed E-state index contributed by atoms with van der Waals surface area (Å²) in [6, 6.07) is 2.56. The summed E-state index contributed by atoms with van der Waals surface area (Å²) in [5, 5.41) is 3.01. The molecule has 3 nitrogen and oxygen atoms in total. The van der Waals surface area contributed by atoms with Gasteiger partial charge in [-0.15, -0.1) is 0 Å². The highest BCUT2D eigenvalue weighted by Crippen LogP contribution is 2.34. The van der Waals surface area contributed by atoms with Crippen molar-refractivity contribution in [2.75, 3.05) is 11.9 Å². The molecule has 1 heterocycles. The van der Waals surface area contributed by atoms with Crippen LogP contribution in [0, 0.1) is 6.92 Å². The summed E-state index contributed by atoms with van der Waals surface area (Å²) in [5.41, 5.74) is 0.495. The maximum absolute atomic E-state index is 12.7. The van der Waals surface area contributed by atoms with E-state index in [0.717, 1.165) is 19.0 Å². The Labute approximate surface area is 102 Å². The number of aromatic amines is 1. The molecule has 0 spiro atoms. The highest BCUT2D eigenvalue weighted by atomic mass is 19.4. The number of alkyl halides is 3. The Hall–Kier alpha value is -1.72. The van der Waals surface area contributed by atoms with Crippen LogP contribution in [-0.4, -0.2) is 16.5 Å². The first-order valence-corrected chi connectivity index (χ1v) is 5.73. The van der Waals surface area contributed by atoms with Crippen LogP contribution in [-0.2, 0) is 6.18 Å². The van der Waals surface area contributed by atoms with Crippen molar-refractivity contribution in [3.63, 3.8) is 0 Å². The van der Waals surface area contributed by atoms with Crippen molar-refractivity contribution in [2.24, 2.45) is 0 Å². The molecule has 0 saturated heterocycles. The van der Waals surface area contributed by atoms with Crippen molar-refractivity contribution >= 4 is 17.0 Å². The van der Waals surface area contributed by atoms with Gasteiger partial charge in [-0.3, -0.25) is 0 Å². The van der Waals surface area contributed by atoms with Gasteiger partial charge in [-0.1, -0.05) is 6.92 Å². The molecule has 6 heteroatoms. The van der Waals surface area contributed by atoms with Gasteiger partial charge in [0.1, 0.15) is 0 Å². The van der Waals surface area contributed by atoms with E-state index in [2.05, 4.69) is 15.3 Å². The molecule has 2 rings (SSSR count). The molecule has 0 bridgehead atoms. The van der Waals surface area contributed by atoms with Crippen LogP contribution in [0.1, 0.15) is 24.5 Å². The van der Waals surface area contributed by atoms with Gasteiger partial charge in [0.2, 0.25) is 5.95 Å². The lowest BCUT2D eigenvalue weighted by atomic mass is 10.1. The largest absolute Gasteiger partial charge is 0.416 e. The Morgan fingerprint density at radius 3 is 2.67 bits per heavy atom. The Morgan fingerprint density at radius 2 is 2.06 bits per heavy atom. The van der Waals surface area contributed by atoms with E-state index in [0.29, 0.717) is 17.0 Å². The zero-order valence-electron chi connectivity index (χ0n) is 10.2. The van der Waals surface area contributed by atoms with Gasteiger partial charge >= 0.3 is 6.18 Å². The smallest absolute Gasteiger partial charge is 0.356 e. The second-order valence-corrected chi connectivity index (χ2v) is 4.19. The summed E-state index contributed by atoms with van der Waals surface area (Å²) in [6.07, 6.45) is -3.42. The van der Waals surface area contributed by atoms with Crippen LogP contribution < -0.4 is 5.32 Å². The molecule has 98 valence electrons. The first-order chi connectivity index (χ1) is 8.41. The summed E-state index contributed by atoms with van der Waals surface area (Å²) in [4.78, 5) is 7.06. The SMILES string of the molecule is CCCNc1nc2cc(C(F)(F)F)c(C)cc2[nH]1. The average Bonchev–Trinajstić information content (AvgIpc) is 2.65. The number of halogens is 3. The number of rotatable bonds is 3. The second kappa shape index (κ2) is 4.51. The third kappa shape index (κ3) is 2.42. The van der Waals surface area contributed by atoms with E-state index in [1.807, 2.05) is 6.92 Å². The highest BCUT2D eigenvalue weighted by molar-refractivity contribution is 5.79. The molecule has 0 unspecified atom stereocenters. The number of benzene rings is 1.